The number of primary amides is 1. The summed E-state index contributed by atoms with van der Waals surface area (Å²) in [6, 6.07) is -0.595. The van der Waals surface area contributed by atoms with Gasteiger partial charge in [0, 0.05) is 6.54 Å². The average molecular weight is 285 g/mol. The molecule has 0 aromatic rings. The molecule has 1 unspecified atom stereocenters. The zero-order valence-corrected chi connectivity index (χ0v) is 12.4. The predicted octanol–water partition coefficient (Wildman–Crippen LogP) is 0.233. The molecule has 1 saturated heterocycles. The summed E-state index contributed by atoms with van der Waals surface area (Å²) in [7, 11) is 0. The van der Waals surface area contributed by atoms with Crippen LogP contribution in [0, 0.1) is 5.92 Å². The van der Waals surface area contributed by atoms with Gasteiger partial charge in [0.1, 0.15) is 18.2 Å². The molecule has 7 heteroatoms. The number of amides is 3. The van der Waals surface area contributed by atoms with Gasteiger partial charge in [0.25, 0.3) is 0 Å². The fourth-order valence-electron chi connectivity index (χ4n) is 2.22. The minimum atomic E-state index is -0.659. The van der Waals surface area contributed by atoms with Gasteiger partial charge in [-0.3, -0.25) is 9.59 Å². The molecule has 1 heterocycles. The Morgan fingerprint density at radius 3 is 2.45 bits per heavy atom. The summed E-state index contributed by atoms with van der Waals surface area (Å²) >= 11 is 0. The first-order chi connectivity index (χ1) is 9.11. The number of likely N-dealkylation sites (tertiary alicyclic amines) is 1. The Morgan fingerprint density at radius 1 is 1.35 bits per heavy atom. The highest BCUT2D eigenvalue weighted by Gasteiger charge is 2.38. The van der Waals surface area contributed by atoms with E-state index in [0.717, 1.165) is 6.42 Å². The first-order valence-electron chi connectivity index (χ1n) is 6.67. The summed E-state index contributed by atoms with van der Waals surface area (Å²) < 4.78 is 5.03. The maximum absolute atomic E-state index is 12.0. The van der Waals surface area contributed by atoms with E-state index in [1.54, 1.807) is 20.8 Å². The maximum Gasteiger partial charge on any atom is 0.408 e. The van der Waals surface area contributed by atoms with Gasteiger partial charge in [-0.25, -0.2) is 4.79 Å². The van der Waals surface area contributed by atoms with Crippen molar-refractivity contribution < 1.29 is 19.1 Å². The molecule has 3 amide bonds. The number of hydrogen-bond donors (Lipinski definition) is 2. The molecule has 0 bridgehead atoms. The van der Waals surface area contributed by atoms with Crippen molar-refractivity contribution >= 4 is 17.9 Å². The van der Waals surface area contributed by atoms with Crippen LogP contribution in [0.4, 0.5) is 4.79 Å². The lowest BCUT2D eigenvalue weighted by molar-refractivity contribution is -0.137. The van der Waals surface area contributed by atoms with Gasteiger partial charge < -0.3 is 20.7 Å². The van der Waals surface area contributed by atoms with E-state index in [-0.39, 0.29) is 18.4 Å². The second-order valence-electron chi connectivity index (χ2n) is 6.06. The average Bonchev–Trinajstić information content (AvgIpc) is 2.65. The molecule has 0 aromatic heterocycles. The molecule has 0 aromatic carbocycles. The molecule has 114 valence electrons. The van der Waals surface area contributed by atoms with Gasteiger partial charge in [0.15, 0.2) is 0 Å². The lowest BCUT2D eigenvalue weighted by Gasteiger charge is -2.25. The third kappa shape index (κ3) is 4.40. The number of nitrogens with zero attached hydrogens (tertiary/aromatic N) is 1. The Bertz CT molecular complexity index is 403. The predicted molar refractivity (Wildman–Crippen MR) is 72.7 cm³/mol. The first-order valence-corrected chi connectivity index (χ1v) is 6.67. The highest BCUT2D eigenvalue weighted by molar-refractivity contribution is 5.89. The number of rotatable bonds is 3. The highest BCUT2D eigenvalue weighted by Crippen LogP contribution is 2.23. The van der Waals surface area contributed by atoms with Crippen LogP contribution in [0.15, 0.2) is 0 Å². The number of ether oxygens (including phenoxy) is 1. The van der Waals surface area contributed by atoms with Crippen molar-refractivity contribution in [2.75, 3.05) is 13.1 Å². The quantitative estimate of drug-likeness (QED) is 0.775. The Kier molecular flexibility index (Phi) is 4.97. The van der Waals surface area contributed by atoms with Crippen molar-refractivity contribution in [3.05, 3.63) is 0 Å². The summed E-state index contributed by atoms with van der Waals surface area (Å²) in [4.78, 5) is 36.3. The summed E-state index contributed by atoms with van der Waals surface area (Å²) in [5.74, 6) is -0.803. The van der Waals surface area contributed by atoms with Crippen LogP contribution in [0.25, 0.3) is 0 Å². The van der Waals surface area contributed by atoms with E-state index in [1.807, 2.05) is 6.92 Å². The van der Waals surface area contributed by atoms with E-state index in [1.165, 1.54) is 4.90 Å². The van der Waals surface area contributed by atoms with Crippen molar-refractivity contribution in [2.24, 2.45) is 11.7 Å². The lowest BCUT2D eigenvalue weighted by atomic mass is 10.0. The molecule has 7 nitrogen and oxygen atoms in total. The monoisotopic (exact) mass is 285 g/mol. The second-order valence-corrected chi connectivity index (χ2v) is 6.06. The van der Waals surface area contributed by atoms with E-state index >= 15 is 0 Å². The van der Waals surface area contributed by atoms with E-state index in [4.69, 9.17) is 10.5 Å². The Labute approximate surface area is 118 Å². The van der Waals surface area contributed by atoms with Gasteiger partial charge in [-0.15, -0.1) is 0 Å². The van der Waals surface area contributed by atoms with Crippen molar-refractivity contribution in [1.82, 2.24) is 10.2 Å². The largest absolute Gasteiger partial charge is 0.444 e. The molecule has 1 rings (SSSR count). The van der Waals surface area contributed by atoms with E-state index < -0.39 is 23.6 Å². The van der Waals surface area contributed by atoms with E-state index in [2.05, 4.69) is 5.32 Å². The molecule has 1 aliphatic heterocycles. The van der Waals surface area contributed by atoms with Crippen LogP contribution < -0.4 is 11.1 Å². The van der Waals surface area contributed by atoms with Crippen LogP contribution in [-0.4, -0.2) is 47.5 Å². The van der Waals surface area contributed by atoms with Gasteiger partial charge in [0.2, 0.25) is 11.8 Å². The zero-order chi connectivity index (χ0) is 15.5. The zero-order valence-electron chi connectivity index (χ0n) is 12.4. The molecule has 0 spiro atoms. The third-order valence-electron chi connectivity index (χ3n) is 3.09. The molecule has 0 aliphatic carbocycles. The van der Waals surface area contributed by atoms with Crippen LogP contribution in [0.3, 0.4) is 0 Å². The summed E-state index contributed by atoms with van der Waals surface area (Å²) in [6.07, 6.45) is 0.0694. The Morgan fingerprint density at radius 2 is 1.95 bits per heavy atom. The molecule has 0 radical (unpaired) electrons. The fourth-order valence-corrected chi connectivity index (χ4v) is 2.22. The second kappa shape index (κ2) is 6.11. The van der Waals surface area contributed by atoms with Gasteiger partial charge in [0.05, 0.1) is 0 Å². The minimum Gasteiger partial charge on any atom is -0.444 e. The molecular weight excluding hydrogens is 262 g/mol. The maximum atomic E-state index is 12.0. The molecule has 1 aliphatic rings. The summed E-state index contributed by atoms with van der Waals surface area (Å²) in [5, 5.41) is 2.39. The number of nitrogens with one attached hydrogen (secondary N) is 1. The molecule has 2 atom stereocenters. The number of alkyl carbamates (subject to hydrolysis) is 1. The molecule has 3 N–H and O–H groups in total. The molecule has 1 fully saturated rings. The van der Waals surface area contributed by atoms with Crippen molar-refractivity contribution in [1.29, 1.82) is 0 Å². The molecular formula is C13H23N3O4. The SMILES string of the molecule is CC1CCN(C(=O)CNC(=O)OC(C)(C)C)[C@@H]1C(N)=O. The van der Waals surface area contributed by atoms with E-state index in [0.29, 0.717) is 6.54 Å². The highest BCUT2D eigenvalue weighted by atomic mass is 16.6. The number of hydrogen-bond acceptors (Lipinski definition) is 4. The Balaban J connectivity index is 2.51. The van der Waals surface area contributed by atoms with E-state index in [9.17, 15) is 14.4 Å². The topological polar surface area (TPSA) is 102 Å². The van der Waals surface area contributed by atoms with Gasteiger partial charge >= 0.3 is 6.09 Å². The number of nitrogens with two attached hydrogens (primary N) is 1. The van der Waals surface area contributed by atoms with Crippen molar-refractivity contribution in [3.8, 4) is 0 Å². The third-order valence-corrected chi connectivity index (χ3v) is 3.09. The van der Waals surface area contributed by atoms with Gasteiger partial charge in [-0.05, 0) is 33.1 Å². The summed E-state index contributed by atoms with van der Waals surface area (Å²) in [6.45, 7) is 7.36. The van der Waals surface area contributed by atoms with Gasteiger partial charge in [-0.1, -0.05) is 6.92 Å². The molecule has 20 heavy (non-hydrogen) atoms. The van der Waals surface area contributed by atoms with Crippen LogP contribution in [0.2, 0.25) is 0 Å². The van der Waals surface area contributed by atoms with Crippen molar-refractivity contribution in [2.45, 2.75) is 45.8 Å². The molecule has 0 saturated carbocycles. The first kappa shape index (κ1) is 16.3. The van der Waals surface area contributed by atoms with Crippen LogP contribution in [-0.2, 0) is 14.3 Å². The standard InChI is InChI=1S/C13H23N3O4/c1-8-5-6-16(10(8)11(14)18)9(17)7-15-12(19)20-13(2,3)4/h8,10H,5-7H2,1-4H3,(H2,14,18)(H,15,19)/t8?,10-/m0/s1. The number of carbonyl (C=O) groups is 3. The number of carbonyl (C=O) groups excluding carboxylic acids is 3. The lowest BCUT2D eigenvalue weighted by Crippen LogP contribution is -2.49. The van der Waals surface area contributed by atoms with Crippen LogP contribution >= 0.6 is 0 Å². The summed E-state index contributed by atoms with van der Waals surface area (Å²) in [5.41, 5.74) is 4.69. The van der Waals surface area contributed by atoms with Crippen LogP contribution in [0.1, 0.15) is 34.1 Å². The minimum absolute atomic E-state index is 0.0398. The normalized spacial score (nSPS) is 22.5. The fraction of sp³-hybridized carbons (Fsp3) is 0.769. The van der Waals surface area contributed by atoms with Crippen molar-refractivity contribution in [3.63, 3.8) is 0 Å². The Hall–Kier alpha value is -1.79. The van der Waals surface area contributed by atoms with Crippen LogP contribution in [0.5, 0.6) is 0 Å². The smallest absolute Gasteiger partial charge is 0.408 e. The van der Waals surface area contributed by atoms with Gasteiger partial charge in [-0.2, -0.15) is 0 Å².